The van der Waals surface area contributed by atoms with Crippen LogP contribution in [0, 0.1) is 23.0 Å². The number of rotatable bonds is 6. The van der Waals surface area contributed by atoms with Crippen molar-refractivity contribution in [3.63, 3.8) is 0 Å². The maximum absolute atomic E-state index is 13.9. The molecule has 0 bridgehead atoms. The summed E-state index contributed by atoms with van der Waals surface area (Å²) in [5.41, 5.74) is 0.576. The van der Waals surface area contributed by atoms with Gasteiger partial charge in [-0.05, 0) is 35.2 Å². The Morgan fingerprint density at radius 2 is 1.54 bits per heavy atom. The molecule has 0 atom stereocenters. The van der Waals surface area contributed by atoms with Crippen LogP contribution in [0.5, 0.6) is 0 Å². The zero-order valence-electron chi connectivity index (χ0n) is 13.0. The van der Waals surface area contributed by atoms with Gasteiger partial charge in [0, 0.05) is 0 Å². The van der Waals surface area contributed by atoms with Gasteiger partial charge in [0.1, 0.15) is 23.3 Å². The van der Waals surface area contributed by atoms with E-state index in [0.29, 0.717) is 5.56 Å². The minimum atomic E-state index is -3.59. The molecule has 2 rings (SSSR count). The van der Waals surface area contributed by atoms with E-state index in [-0.39, 0.29) is 12.2 Å². The lowest BCUT2D eigenvalue weighted by Gasteiger charge is -2.17. The molecule has 0 aliphatic carbocycles. The van der Waals surface area contributed by atoms with Gasteiger partial charge in [0.15, 0.2) is 0 Å². The third-order valence-corrected chi connectivity index (χ3v) is 3.50. The van der Waals surface area contributed by atoms with Crippen molar-refractivity contribution in [1.29, 1.82) is 5.26 Å². The van der Waals surface area contributed by atoms with Crippen LogP contribution < -0.4 is 0 Å². The molecular formula is C18H15F4NO. The maximum atomic E-state index is 13.9. The van der Waals surface area contributed by atoms with E-state index in [4.69, 9.17) is 5.26 Å². The van der Waals surface area contributed by atoms with Gasteiger partial charge in [0.05, 0.1) is 13.0 Å². The molecule has 0 amide bonds. The average Bonchev–Trinajstić information content (AvgIpc) is 2.53. The molecule has 2 aromatic rings. The maximum Gasteiger partial charge on any atom is 0.360 e. The standard InChI is InChI=1S/C18H15F4NO/c1-2-12-3-5-13(6-4-12)11-24-18(21,22)9-14-7-16(19)15(10-23)17(20)8-14/h3-8H,2,9,11H2,1H3. The zero-order valence-corrected chi connectivity index (χ0v) is 13.0. The average molecular weight is 337 g/mol. The molecule has 0 unspecified atom stereocenters. The summed E-state index contributed by atoms with van der Waals surface area (Å²) in [6.07, 6.45) is -3.73. The number of aryl methyl sites for hydroxylation is 1. The van der Waals surface area contributed by atoms with Crippen molar-refractivity contribution >= 4 is 0 Å². The molecule has 0 N–H and O–H groups in total. The fourth-order valence-corrected chi connectivity index (χ4v) is 2.18. The SMILES string of the molecule is CCc1ccc(COC(F)(F)Cc2cc(F)c(C#N)c(F)c2)cc1. The molecular weight excluding hydrogens is 322 g/mol. The summed E-state index contributed by atoms with van der Waals surface area (Å²) >= 11 is 0. The van der Waals surface area contributed by atoms with Crippen LogP contribution in [-0.2, 0) is 24.2 Å². The molecule has 0 saturated carbocycles. The van der Waals surface area contributed by atoms with Crippen molar-refractivity contribution in [3.8, 4) is 6.07 Å². The van der Waals surface area contributed by atoms with Crippen LogP contribution >= 0.6 is 0 Å². The predicted molar refractivity (Wildman–Crippen MR) is 80.3 cm³/mol. The van der Waals surface area contributed by atoms with Gasteiger partial charge in [-0.2, -0.15) is 14.0 Å². The molecule has 0 heterocycles. The lowest BCUT2D eigenvalue weighted by molar-refractivity contribution is -0.244. The lowest BCUT2D eigenvalue weighted by atomic mass is 10.1. The first-order valence-electron chi connectivity index (χ1n) is 7.32. The highest BCUT2D eigenvalue weighted by Crippen LogP contribution is 2.25. The van der Waals surface area contributed by atoms with Crippen molar-refractivity contribution < 1.29 is 22.3 Å². The van der Waals surface area contributed by atoms with Crippen molar-refractivity contribution in [1.82, 2.24) is 0 Å². The van der Waals surface area contributed by atoms with E-state index in [9.17, 15) is 17.6 Å². The number of benzene rings is 2. The number of hydrogen-bond donors (Lipinski definition) is 0. The van der Waals surface area contributed by atoms with E-state index in [1.807, 2.05) is 19.1 Å². The van der Waals surface area contributed by atoms with Crippen molar-refractivity contribution in [3.05, 3.63) is 70.3 Å². The van der Waals surface area contributed by atoms with E-state index in [0.717, 1.165) is 24.1 Å². The Morgan fingerprint density at radius 3 is 2.04 bits per heavy atom. The van der Waals surface area contributed by atoms with E-state index in [1.165, 1.54) is 6.07 Å². The van der Waals surface area contributed by atoms with Gasteiger partial charge < -0.3 is 4.74 Å². The van der Waals surface area contributed by atoms with Crippen LogP contribution in [-0.4, -0.2) is 6.11 Å². The number of hydrogen-bond acceptors (Lipinski definition) is 2. The van der Waals surface area contributed by atoms with Crippen LogP contribution in [0.1, 0.15) is 29.2 Å². The summed E-state index contributed by atoms with van der Waals surface area (Å²) in [6, 6.07) is 9.80. The molecule has 2 aromatic carbocycles. The second kappa shape index (κ2) is 7.45. The molecule has 0 aromatic heterocycles. The smallest absolute Gasteiger partial charge is 0.315 e. The number of ether oxygens (including phenoxy) is 1. The van der Waals surface area contributed by atoms with E-state index in [2.05, 4.69) is 4.74 Å². The quantitative estimate of drug-likeness (QED) is 0.713. The minimum absolute atomic E-state index is 0.282. The van der Waals surface area contributed by atoms with Gasteiger partial charge in [0.25, 0.3) is 0 Å². The molecule has 24 heavy (non-hydrogen) atoms. The highest BCUT2D eigenvalue weighted by Gasteiger charge is 2.31. The number of nitrogens with zero attached hydrogens (tertiary/aromatic N) is 1. The minimum Gasteiger partial charge on any atom is -0.315 e. The summed E-state index contributed by atoms with van der Waals surface area (Å²) < 4.78 is 59.2. The molecule has 0 aliphatic heterocycles. The number of halogens is 4. The first-order valence-corrected chi connectivity index (χ1v) is 7.32. The summed E-state index contributed by atoms with van der Waals surface area (Å²) in [5.74, 6) is -2.34. The second-order valence-electron chi connectivity index (χ2n) is 5.32. The van der Waals surface area contributed by atoms with E-state index >= 15 is 0 Å². The van der Waals surface area contributed by atoms with E-state index in [1.54, 1.807) is 12.1 Å². The topological polar surface area (TPSA) is 33.0 Å². The van der Waals surface area contributed by atoms with Crippen molar-refractivity contribution in [2.24, 2.45) is 0 Å². The zero-order chi connectivity index (χ0) is 17.7. The largest absolute Gasteiger partial charge is 0.360 e. The molecule has 0 saturated heterocycles. The summed E-state index contributed by atoms with van der Waals surface area (Å²) in [6.45, 7) is 1.66. The van der Waals surface area contributed by atoms with Gasteiger partial charge in [0.2, 0.25) is 0 Å². The van der Waals surface area contributed by atoms with Crippen LogP contribution in [0.4, 0.5) is 17.6 Å². The van der Waals surface area contributed by atoms with E-state index < -0.39 is 29.7 Å². The third kappa shape index (κ3) is 4.56. The Hall–Kier alpha value is -2.39. The second-order valence-corrected chi connectivity index (χ2v) is 5.32. The normalized spacial score (nSPS) is 11.3. The Balaban J connectivity index is 2.04. The van der Waals surface area contributed by atoms with Gasteiger partial charge in [-0.25, -0.2) is 8.78 Å². The number of nitriles is 1. The van der Waals surface area contributed by atoms with Crippen LogP contribution in [0.15, 0.2) is 36.4 Å². The molecule has 126 valence electrons. The first-order chi connectivity index (χ1) is 11.3. The van der Waals surface area contributed by atoms with Crippen LogP contribution in [0.2, 0.25) is 0 Å². The Kier molecular flexibility index (Phi) is 5.58. The Bertz CT molecular complexity index is 728. The Morgan fingerprint density at radius 1 is 1.00 bits per heavy atom. The lowest BCUT2D eigenvalue weighted by Crippen LogP contribution is -2.24. The molecule has 0 fully saturated rings. The molecule has 0 spiro atoms. The van der Waals surface area contributed by atoms with Gasteiger partial charge in [-0.1, -0.05) is 31.2 Å². The fourth-order valence-electron chi connectivity index (χ4n) is 2.18. The Labute approximate surface area is 137 Å². The summed E-state index contributed by atoms with van der Waals surface area (Å²) in [5, 5.41) is 8.57. The summed E-state index contributed by atoms with van der Waals surface area (Å²) in [7, 11) is 0. The van der Waals surface area contributed by atoms with Crippen molar-refractivity contribution in [2.45, 2.75) is 32.5 Å². The monoisotopic (exact) mass is 337 g/mol. The molecule has 2 nitrogen and oxygen atoms in total. The summed E-state index contributed by atoms with van der Waals surface area (Å²) in [4.78, 5) is 0. The fraction of sp³-hybridized carbons (Fsp3) is 0.278. The molecule has 6 heteroatoms. The van der Waals surface area contributed by atoms with Crippen LogP contribution in [0.3, 0.4) is 0 Å². The predicted octanol–water partition coefficient (Wildman–Crippen LogP) is 4.75. The van der Waals surface area contributed by atoms with Crippen molar-refractivity contribution in [2.75, 3.05) is 0 Å². The third-order valence-electron chi connectivity index (χ3n) is 3.50. The van der Waals surface area contributed by atoms with Gasteiger partial charge in [-0.3, -0.25) is 0 Å². The molecule has 0 aliphatic rings. The molecule has 0 radical (unpaired) electrons. The highest BCUT2D eigenvalue weighted by atomic mass is 19.3. The highest BCUT2D eigenvalue weighted by molar-refractivity contribution is 5.35. The van der Waals surface area contributed by atoms with Gasteiger partial charge in [-0.15, -0.1) is 0 Å². The van der Waals surface area contributed by atoms with Gasteiger partial charge >= 0.3 is 6.11 Å². The first kappa shape index (κ1) is 18.0. The number of alkyl halides is 2. The van der Waals surface area contributed by atoms with Crippen LogP contribution in [0.25, 0.3) is 0 Å².